The van der Waals surface area contributed by atoms with Crippen LogP contribution in [0, 0.1) is 6.92 Å². The molecule has 31 heavy (non-hydrogen) atoms. The Morgan fingerprint density at radius 3 is 2.42 bits per heavy atom. The van der Waals surface area contributed by atoms with Gasteiger partial charge in [0.1, 0.15) is 5.60 Å². The number of methoxy groups -OCH3 is 2. The predicted molar refractivity (Wildman–Crippen MR) is 118 cm³/mol. The molecule has 2 heterocycles. The van der Waals surface area contributed by atoms with Gasteiger partial charge in [0.15, 0.2) is 17.3 Å². The smallest absolute Gasteiger partial charge is 0.246 e. The number of Topliss-reactive ketones (excluding diaryl/α,β-unsaturated/α-hetero) is 1. The summed E-state index contributed by atoms with van der Waals surface area (Å²) in [5.74, 6) is 1.41. The predicted octanol–water partition coefficient (Wildman–Crippen LogP) is 4.05. The first kappa shape index (κ1) is 21.0. The molecular formula is C25H27NO5. The van der Waals surface area contributed by atoms with Gasteiger partial charge in [0.05, 0.1) is 26.2 Å². The van der Waals surface area contributed by atoms with Gasteiger partial charge in [-0.15, -0.1) is 0 Å². The Morgan fingerprint density at radius 1 is 1.06 bits per heavy atom. The zero-order chi connectivity index (χ0) is 22.0. The third-order valence-electron chi connectivity index (χ3n) is 6.08. The maximum Gasteiger partial charge on any atom is 0.246 e. The number of likely N-dealkylation sites (tertiary alicyclic amines) is 1. The number of hydrogen-bond acceptors (Lipinski definition) is 5. The van der Waals surface area contributed by atoms with E-state index in [9.17, 15) is 9.59 Å². The van der Waals surface area contributed by atoms with E-state index in [1.54, 1.807) is 25.3 Å². The summed E-state index contributed by atoms with van der Waals surface area (Å²) in [5.41, 5.74) is 2.07. The third kappa shape index (κ3) is 4.15. The monoisotopic (exact) mass is 421 g/mol. The van der Waals surface area contributed by atoms with Gasteiger partial charge in [-0.3, -0.25) is 9.59 Å². The topological polar surface area (TPSA) is 65.1 Å². The normalized spacial score (nSPS) is 17.4. The van der Waals surface area contributed by atoms with Crippen molar-refractivity contribution in [2.75, 3.05) is 27.3 Å². The average Bonchev–Trinajstić information content (AvgIpc) is 2.78. The lowest BCUT2D eigenvalue weighted by Crippen LogP contribution is -2.52. The molecule has 0 aromatic heterocycles. The zero-order valence-corrected chi connectivity index (χ0v) is 18.1. The first-order valence-electron chi connectivity index (χ1n) is 10.5. The van der Waals surface area contributed by atoms with Crippen molar-refractivity contribution >= 4 is 17.8 Å². The van der Waals surface area contributed by atoms with Crippen LogP contribution in [0.1, 0.15) is 40.7 Å². The van der Waals surface area contributed by atoms with Crippen molar-refractivity contribution < 1.29 is 23.8 Å². The molecule has 0 bridgehead atoms. The lowest BCUT2D eigenvalue weighted by atomic mass is 9.82. The molecule has 2 aliphatic heterocycles. The number of hydrogen-bond donors (Lipinski definition) is 0. The molecule has 0 radical (unpaired) electrons. The molecule has 1 saturated heterocycles. The maximum absolute atomic E-state index is 12.9. The third-order valence-corrected chi connectivity index (χ3v) is 6.08. The first-order chi connectivity index (χ1) is 14.9. The Labute approximate surface area is 182 Å². The molecule has 0 saturated carbocycles. The van der Waals surface area contributed by atoms with Gasteiger partial charge in [0.25, 0.3) is 0 Å². The highest BCUT2D eigenvalue weighted by atomic mass is 16.5. The van der Waals surface area contributed by atoms with E-state index in [1.807, 2.05) is 42.2 Å². The standard InChI is InChI=1S/C25H27NO5/c1-17-4-6-18(7-5-17)8-11-22(28)26-14-12-25(13-15-26)16-20(27)19-9-10-21(29-2)24(30-3)23(19)31-25/h4-11H,12-16H2,1-3H3/b11-8+. The summed E-state index contributed by atoms with van der Waals surface area (Å²) >= 11 is 0. The number of benzene rings is 2. The number of nitrogens with zero attached hydrogens (tertiary/aromatic N) is 1. The molecule has 4 rings (SSSR count). The molecule has 1 amide bonds. The van der Waals surface area contributed by atoms with Crippen molar-refractivity contribution in [2.24, 2.45) is 0 Å². The molecule has 2 aromatic carbocycles. The number of carbonyl (C=O) groups excluding carboxylic acids is 2. The van der Waals surface area contributed by atoms with E-state index in [0.717, 1.165) is 5.56 Å². The number of rotatable bonds is 4. The second-order valence-electron chi connectivity index (χ2n) is 8.13. The van der Waals surface area contributed by atoms with Gasteiger partial charge in [-0.25, -0.2) is 0 Å². The van der Waals surface area contributed by atoms with E-state index in [2.05, 4.69) is 0 Å². The number of aryl methyl sites for hydroxylation is 1. The quantitative estimate of drug-likeness (QED) is 0.697. The van der Waals surface area contributed by atoms with Gasteiger partial charge in [-0.2, -0.15) is 0 Å². The summed E-state index contributed by atoms with van der Waals surface area (Å²) < 4.78 is 17.2. The Morgan fingerprint density at radius 2 is 1.77 bits per heavy atom. The average molecular weight is 421 g/mol. The summed E-state index contributed by atoms with van der Waals surface area (Å²) in [7, 11) is 3.09. The first-order valence-corrected chi connectivity index (χ1v) is 10.5. The minimum Gasteiger partial charge on any atom is -0.493 e. The number of ketones is 1. The van der Waals surface area contributed by atoms with E-state index >= 15 is 0 Å². The fourth-order valence-electron chi connectivity index (χ4n) is 4.22. The van der Waals surface area contributed by atoms with Gasteiger partial charge in [-0.1, -0.05) is 29.8 Å². The molecular weight excluding hydrogens is 394 g/mol. The van der Waals surface area contributed by atoms with Gasteiger partial charge >= 0.3 is 0 Å². The van der Waals surface area contributed by atoms with E-state index in [1.165, 1.54) is 12.7 Å². The number of ether oxygens (including phenoxy) is 3. The van der Waals surface area contributed by atoms with Crippen molar-refractivity contribution in [3.05, 3.63) is 59.2 Å². The lowest BCUT2D eigenvalue weighted by Gasteiger charge is -2.44. The van der Waals surface area contributed by atoms with Crippen LogP contribution in [-0.2, 0) is 4.79 Å². The molecule has 0 N–H and O–H groups in total. The summed E-state index contributed by atoms with van der Waals surface area (Å²) in [4.78, 5) is 27.3. The number of carbonyl (C=O) groups is 2. The summed E-state index contributed by atoms with van der Waals surface area (Å²) in [5, 5.41) is 0. The Kier molecular flexibility index (Phi) is 5.72. The minimum atomic E-state index is -0.624. The number of fused-ring (bicyclic) bond motifs is 1. The fourth-order valence-corrected chi connectivity index (χ4v) is 4.22. The van der Waals surface area contributed by atoms with Crippen LogP contribution in [0.25, 0.3) is 6.08 Å². The van der Waals surface area contributed by atoms with Gasteiger partial charge < -0.3 is 19.1 Å². The number of piperidine rings is 1. The minimum absolute atomic E-state index is 0.0289. The lowest BCUT2D eigenvalue weighted by molar-refractivity contribution is -0.129. The fraction of sp³-hybridized carbons (Fsp3) is 0.360. The van der Waals surface area contributed by atoms with Crippen LogP contribution >= 0.6 is 0 Å². The molecule has 0 atom stereocenters. The van der Waals surface area contributed by atoms with Crippen LogP contribution in [0.4, 0.5) is 0 Å². The second-order valence-corrected chi connectivity index (χ2v) is 8.13. The van der Waals surface area contributed by atoms with Crippen molar-refractivity contribution in [3.8, 4) is 17.2 Å². The Hall–Kier alpha value is -3.28. The molecule has 0 unspecified atom stereocenters. The molecule has 6 nitrogen and oxygen atoms in total. The van der Waals surface area contributed by atoms with Crippen molar-refractivity contribution in [1.82, 2.24) is 4.90 Å². The van der Waals surface area contributed by atoms with E-state index < -0.39 is 5.60 Å². The molecule has 162 valence electrons. The van der Waals surface area contributed by atoms with E-state index in [0.29, 0.717) is 55.2 Å². The molecule has 6 heteroatoms. The highest BCUT2D eigenvalue weighted by Gasteiger charge is 2.45. The van der Waals surface area contributed by atoms with Crippen LogP contribution in [-0.4, -0.2) is 49.5 Å². The Balaban J connectivity index is 1.46. The van der Waals surface area contributed by atoms with Gasteiger partial charge in [0, 0.05) is 32.0 Å². The summed E-state index contributed by atoms with van der Waals surface area (Å²) in [6.45, 7) is 3.10. The van der Waals surface area contributed by atoms with Gasteiger partial charge in [0.2, 0.25) is 11.7 Å². The molecule has 1 spiro atoms. The van der Waals surface area contributed by atoms with E-state index in [4.69, 9.17) is 14.2 Å². The SMILES string of the molecule is COc1ccc2c(c1OC)OC1(CCN(C(=O)/C=C/c3ccc(C)cc3)CC1)CC2=O. The maximum atomic E-state index is 12.9. The molecule has 0 aliphatic carbocycles. The van der Waals surface area contributed by atoms with Crippen LogP contribution in [0.15, 0.2) is 42.5 Å². The second kappa shape index (κ2) is 8.46. The largest absolute Gasteiger partial charge is 0.493 e. The Bertz CT molecular complexity index is 1020. The van der Waals surface area contributed by atoms with Crippen molar-refractivity contribution in [3.63, 3.8) is 0 Å². The molecule has 1 fully saturated rings. The summed E-state index contributed by atoms with van der Waals surface area (Å²) in [6.07, 6.45) is 4.92. The van der Waals surface area contributed by atoms with Crippen LogP contribution in [0.2, 0.25) is 0 Å². The molecule has 2 aliphatic rings. The number of amides is 1. The van der Waals surface area contributed by atoms with Crippen LogP contribution in [0.3, 0.4) is 0 Å². The zero-order valence-electron chi connectivity index (χ0n) is 18.1. The van der Waals surface area contributed by atoms with Crippen LogP contribution in [0.5, 0.6) is 17.2 Å². The van der Waals surface area contributed by atoms with Crippen molar-refractivity contribution in [1.29, 1.82) is 0 Å². The van der Waals surface area contributed by atoms with E-state index in [-0.39, 0.29) is 11.7 Å². The summed E-state index contributed by atoms with van der Waals surface area (Å²) in [6, 6.07) is 11.5. The van der Waals surface area contributed by atoms with Crippen LogP contribution < -0.4 is 14.2 Å². The highest BCUT2D eigenvalue weighted by molar-refractivity contribution is 6.01. The molecule has 2 aromatic rings. The van der Waals surface area contributed by atoms with Crippen molar-refractivity contribution in [2.45, 2.75) is 31.8 Å². The highest BCUT2D eigenvalue weighted by Crippen LogP contribution is 2.47. The van der Waals surface area contributed by atoms with Gasteiger partial charge in [-0.05, 0) is 30.7 Å².